The maximum Gasteiger partial charge on any atom is 0.642 e. The van der Waals surface area contributed by atoms with Crippen LogP contribution >= 0.6 is 136 Å². The summed E-state index contributed by atoms with van der Waals surface area (Å²) in [5, 5.41) is 0. The van der Waals surface area contributed by atoms with E-state index in [0.717, 1.165) is 23.2 Å². The molecule has 0 aliphatic carbocycles. The second-order valence-corrected chi connectivity index (χ2v) is 18.4. The van der Waals surface area contributed by atoms with Crippen LogP contribution in [-0.4, -0.2) is 55.9 Å². The number of aromatic nitrogens is 1. The van der Waals surface area contributed by atoms with Crippen molar-refractivity contribution in [2.75, 3.05) is 28.4 Å². The number of halogens is 8. The van der Waals surface area contributed by atoms with Gasteiger partial charge in [0.1, 0.15) is 28.7 Å². The molecule has 3 heterocycles. The molecule has 0 atom stereocenters. The van der Waals surface area contributed by atoms with Gasteiger partial charge in [-0.3, -0.25) is 0 Å². The van der Waals surface area contributed by atoms with Crippen LogP contribution in [-0.2, 0) is 0 Å². The Hall–Kier alpha value is -1.26. The molecule has 52 heavy (non-hydrogen) atoms. The van der Waals surface area contributed by atoms with Gasteiger partial charge in [-0.2, -0.15) is 0 Å². The van der Waals surface area contributed by atoms with Crippen LogP contribution < -0.4 is 18.9 Å². The monoisotopic (exact) mass is 1370 g/mol. The SMILES string of the molecule is COc1cc(OC)c(I)c(C2=C(I)C(c3ccc(I)cc3)=[N+]3C2=Nc2c(-c4cc(OC)cc(OC)c4I)c(I)c(-c4ccc(I)cc4)n2[B-]3(F)F)c1. The number of hydrogen-bond donors (Lipinski definition) is 0. The van der Waals surface area contributed by atoms with Crippen molar-refractivity contribution in [1.82, 2.24) is 4.48 Å². The smallest absolute Gasteiger partial charge is 0.497 e. The number of allylic oxidation sites excluding steroid dienone is 1. The average molecular weight is 1370 g/mol. The van der Waals surface area contributed by atoms with Gasteiger partial charge < -0.3 is 36.5 Å². The van der Waals surface area contributed by atoms with E-state index in [-0.39, 0.29) is 11.7 Å². The fraction of sp³-hybridized carbons (Fsp3) is 0.111. The van der Waals surface area contributed by atoms with Crippen molar-refractivity contribution >= 4 is 165 Å². The van der Waals surface area contributed by atoms with E-state index in [4.69, 9.17) is 23.9 Å². The van der Waals surface area contributed by atoms with Gasteiger partial charge in [-0.15, -0.1) is 0 Å². The third-order valence-electron chi connectivity index (χ3n) is 8.78. The highest BCUT2D eigenvalue weighted by Gasteiger charge is 2.56. The number of aliphatic imine (C=N–C) groups is 1. The molecule has 4 aromatic carbocycles. The molecule has 0 saturated carbocycles. The van der Waals surface area contributed by atoms with Gasteiger partial charge >= 0.3 is 6.97 Å². The summed E-state index contributed by atoms with van der Waals surface area (Å²) in [6.45, 7) is -4.58. The van der Waals surface area contributed by atoms with Crippen molar-refractivity contribution in [2.24, 2.45) is 4.99 Å². The van der Waals surface area contributed by atoms with E-state index in [1.165, 1.54) is 0 Å². The molecule has 7 nitrogen and oxygen atoms in total. The minimum absolute atomic E-state index is 0.137. The Labute approximate surface area is 380 Å². The first-order valence-corrected chi connectivity index (χ1v) is 21.8. The lowest BCUT2D eigenvalue weighted by Crippen LogP contribution is -2.53. The second kappa shape index (κ2) is 15.4. The number of benzene rings is 4. The maximum absolute atomic E-state index is 18.3. The number of methoxy groups -OCH3 is 4. The molecule has 16 heteroatoms. The summed E-state index contributed by atoms with van der Waals surface area (Å²) in [5.41, 5.74) is 4.48. The zero-order chi connectivity index (χ0) is 37.2. The molecule has 2 aliphatic heterocycles. The predicted molar refractivity (Wildman–Crippen MR) is 254 cm³/mol. The minimum atomic E-state index is -4.58. The number of amidine groups is 1. The summed E-state index contributed by atoms with van der Waals surface area (Å²) in [6.07, 6.45) is 0. The van der Waals surface area contributed by atoms with Crippen molar-refractivity contribution in [2.45, 2.75) is 0 Å². The first-order chi connectivity index (χ1) is 24.9. The largest absolute Gasteiger partial charge is 0.642 e. The normalized spacial score (nSPS) is 14.7. The van der Waals surface area contributed by atoms with E-state index >= 15 is 8.63 Å². The van der Waals surface area contributed by atoms with Gasteiger partial charge in [0.25, 0.3) is 5.84 Å². The van der Waals surface area contributed by atoms with Crippen molar-refractivity contribution in [1.29, 1.82) is 0 Å². The molecule has 5 aromatic rings. The molecule has 266 valence electrons. The molecule has 0 bridgehead atoms. The van der Waals surface area contributed by atoms with Crippen LogP contribution in [0.4, 0.5) is 14.4 Å². The molecule has 7 rings (SSSR count). The molecule has 0 N–H and O–H groups in total. The molecule has 0 unspecified atom stereocenters. The standard InChI is InChI=1S/C36H24BF2I6N3O4/c1-49-21-13-23(29(42)25(15-21)51-3)27-31(44)33(17-5-9-19(40)10-6-17)47-35(27)46-36-28(24-14-22(50-2)16-26(52-4)30(24)43)32(45)34(48(36)37(47,38)39)18-7-11-20(41)12-8-18/h5-16H,1-4H3. The summed E-state index contributed by atoms with van der Waals surface area (Å²) >= 11 is 13.2. The number of fused-ring (bicyclic) bond motifs is 2. The van der Waals surface area contributed by atoms with Gasteiger partial charge in [-0.05, 0) is 195 Å². The van der Waals surface area contributed by atoms with E-state index in [2.05, 4.69) is 136 Å². The number of hydrogen-bond acceptors (Lipinski definition) is 5. The Bertz CT molecular complexity index is 2400. The zero-order valence-corrected chi connectivity index (χ0v) is 40.4. The van der Waals surface area contributed by atoms with E-state index in [0.29, 0.717) is 74.9 Å². The highest BCUT2D eigenvalue weighted by atomic mass is 127. The van der Waals surface area contributed by atoms with Crippen molar-refractivity contribution in [3.8, 4) is 45.4 Å². The molecule has 0 amide bonds. The van der Waals surface area contributed by atoms with E-state index < -0.39 is 6.97 Å². The summed E-state index contributed by atoms with van der Waals surface area (Å²) in [5.74, 6) is 2.46. The third-order valence-corrected chi connectivity index (χ3v) is 14.5. The maximum atomic E-state index is 18.3. The lowest BCUT2D eigenvalue weighted by molar-refractivity contribution is -0.291. The Balaban J connectivity index is 1.66. The molecule has 0 spiro atoms. The second-order valence-electron chi connectivity index (χ2n) is 11.6. The van der Waals surface area contributed by atoms with Crippen LogP contribution in [0.2, 0.25) is 0 Å². The van der Waals surface area contributed by atoms with Crippen LogP contribution in [0, 0.1) is 17.9 Å². The van der Waals surface area contributed by atoms with E-state index in [1.807, 2.05) is 60.7 Å². The molecule has 0 radical (unpaired) electrons. The quantitative estimate of drug-likeness (QED) is 0.115. The molecule has 2 aliphatic rings. The van der Waals surface area contributed by atoms with Crippen LogP contribution in [0.25, 0.3) is 28.0 Å². The van der Waals surface area contributed by atoms with Crippen molar-refractivity contribution in [3.05, 3.63) is 105 Å². The number of rotatable bonds is 8. The fourth-order valence-corrected chi connectivity index (χ4v) is 10.9. The summed E-state index contributed by atoms with van der Waals surface area (Å²) in [6, 6.07) is 22.5. The zero-order valence-electron chi connectivity index (χ0n) is 27.5. The third kappa shape index (κ3) is 6.50. The topological polar surface area (TPSA) is 57.2 Å². The number of nitrogens with zero attached hydrogens (tertiary/aromatic N) is 3. The highest BCUT2D eigenvalue weighted by Crippen LogP contribution is 2.53. The van der Waals surface area contributed by atoms with Crippen LogP contribution in [0.5, 0.6) is 23.0 Å². The van der Waals surface area contributed by atoms with Gasteiger partial charge in [-0.1, -0.05) is 12.1 Å². The van der Waals surface area contributed by atoms with Crippen LogP contribution in [0.3, 0.4) is 0 Å². The van der Waals surface area contributed by atoms with Gasteiger partial charge in [0.05, 0.1) is 50.3 Å². The molecule has 1 aromatic heterocycles. The minimum Gasteiger partial charge on any atom is -0.497 e. The highest BCUT2D eigenvalue weighted by molar-refractivity contribution is 14.1. The van der Waals surface area contributed by atoms with Gasteiger partial charge in [0.2, 0.25) is 5.82 Å². The lowest BCUT2D eigenvalue weighted by Gasteiger charge is -2.32. The van der Waals surface area contributed by atoms with Crippen molar-refractivity contribution in [3.63, 3.8) is 0 Å². The Morgan fingerprint density at radius 3 is 1.65 bits per heavy atom. The summed E-state index contributed by atoms with van der Waals surface area (Å²) in [4.78, 5) is 5.29. The van der Waals surface area contributed by atoms with Gasteiger partial charge in [0.15, 0.2) is 0 Å². The van der Waals surface area contributed by atoms with Crippen LogP contribution in [0.15, 0.2) is 81.4 Å². The first kappa shape index (κ1) is 39.0. The Morgan fingerprint density at radius 1 is 0.635 bits per heavy atom. The van der Waals surface area contributed by atoms with Crippen molar-refractivity contribution < 1.29 is 32.1 Å². The molecule has 0 fully saturated rings. The van der Waals surface area contributed by atoms with E-state index in [9.17, 15) is 0 Å². The first-order valence-electron chi connectivity index (χ1n) is 15.3. The predicted octanol–water partition coefficient (Wildman–Crippen LogP) is 11.5. The summed E-state index contributed by atoms with van der Waals surface area (Å²) in [7, 11) is 6.30. The molecule has 0 saturated heterocycles. The Morgan fingerprint density at radius 2 is 1.13 bits per heavy atom. The molecular weight excluding hydrogens is 1350 g/mol. The number of ether oxygens (including phenoxy) is 4. The average Bonchev–Trinajstić information content (AvgIpc) is 3.60. The van der Waals surface area contributed by atoms with Gasteiger partial charge in [0, 0.05) is 45.2 Å². The van der Waals surface area contributed by atoms with Crippen LogP contribution in [0.1, 0.15) is 11.1 Å². The van der Waals surface area contributed by atoms with E-state index in [1.54, 1.807) is 40.6 Å². The summed E-state index contributed by atoms with van der Waals surface area (Å²) < 4.78 is 66.4. The fourth-order valence-electron chi connectivity index (χ4n) is 6.40. The lowest BCUT2D eigenvalue weighted by atomic mass is 9.90. The Kier molecular flexibility index (Phi) is 11.5. The van der Waals surface area contributed by atoms with Gasteiger partial charge in [-0.25, -0.2) is 0 Å². The molecular formula is C36H24BF2I6N3O4.